The lowest BCUT2D eigenvalue weighted by molar-refractivity contribution is -0.0260. The van der Waals surface area contributed by atoms with E-state index in [9.17, 15) is 8.42 Å². The monoisotopic (exact) mass is 264 g/mol. The molecule has 1 atom stereocenters. The van der Waals surface area contributed by atoms with Gasteiger partial charge in [-0.05, 0) is 20.0 Å². The van der Waals surface area contributed by atoms with Gasteiger partial charge in [-0.15, -0.1) is 0 Å². The number of nitrogens with zero attached hydrogens (tertiary/aromatic N) is 1. The number of likely N-dealkylation sites (N-methyl/N-ethyl adjacent to an activating group) is 1. The van der Waals surface area contributed by atoms with Gasteiger partial charge in [-0.3, -0.25) is 4.90 Å². The van der Waals surface area contributed by atoms with Crippen molar-refractivity contribution in [1.29, 1.82) is 0 Å². The molecule has 6 heteroatoms. The molecular formula is C11H24N2O3S. The second-order valence-electron chi connectivity index (χ2n) is 4.44. The third-order valence-corrected chi connectivity index (χ3v) is 4.81. The summed E-state index contributed by atoms with van der Waals surface area (Å²) in [7, 11) is -0.901. The molecule has 1 aliphatic heterocycles. The summed E-state index contributed by atoms with van der Waals surface area (Å²) in [5.74, 6) is 0.552. The molecule has 1 heterocycles. The van der Waals surface area contributed by atoms with Crippen LogP contribution in [0.2, 0.25) is 0 Å². The SMILES string of the molecule is CCS(=O)(=O)CCCN1CCOC(CNC)C1. The summed E-state index contributed by atoms with van der Waals surface area (Å²) in [5, 5.41) is 3.10. The van der Waals surface area contributed by atoms with E-state index in [0.29, 0.717) is 5.75 Å². The van der Waals surface area contributed by atoms with Gasteiger partial charge < -0.3 is 10.1 Å². The van der Waals surface area contributed by atoms with Crippen LogP contribution in [0.25, 0.3) is 0 Å². The molecule has 1 unspecified atom stereocenters. The van der Waals surface area contributed by atoms with Gasteiger partial charge in [-0.2, -0.15) is 0 Å². The van der Waals surface area contributed by atoms with E-state index in [-0.39, 0.29) is 11.9 Å². The quantitative estimate of drug-likeness (QED) is 0.686. The van der Waals surface area contributed by atoms with Crippen molar-refractivity contribution in [2.75, 3.05) is 51.3 Å². The molecule has 0 aliphatic carbocycles. The summed E-state index contributed by atoms with van der Waals surface area (Å²) >= 11 is 0. The summed E-state index contributed by atoms with van der Waals surface area (Å²) in [4.78, 5) is 2.29. The fourth-order valence-corrected chi connectivity index (χ4v) is 2.84. The number of nitrogens with one attached hydrogen (secondary N) is 1. The first-order chi connectivity index (χ1) is 8.07. The lowest BCUT2D eigenvalue weighted by Crippen LogP contribution is -2.46. The molecule has 0 bridgehead atoms. The predicted octanol–water partition coefficient (Wildman–Crippen LogP) is -0.269. The van der Waals surface area contributed by atoms with E-state index in [1.807, 2.05) is 7.05 Å². The average molecular weight is 264 g/mol. The topological polar surface area (TPSA) is 58.6 Å². The molecule has 5 nitrogen and oxygen atoms in total. The van der Waals surface area contributed by atoms with E-state index in [0.717, 1.165) is 39.2 Å². The van der Waals surface area contributed by atoms with E-state index < -0.39 is 9.84 Å². The zero-order valence-corrected chi connectivity index (χ0v) is 11.6. The van der Waals surface area contributed by atoms with Crippen LogP contribution in [0, 0.1) is 0 Å². The summed E-state index contributed by atoms with van der Waals surface area (Å²) in [5.41, 5.74) is 0. The molecule has 0 radical (unpaired) electrons. The van der Waals surface area contributed by atoms with E-state index in [4.69, 9.17) is 4.74 Å². The van der Waals surface area contributed by atoms with Crippen LogP contribution < -0.4 is 5.32 Å². The molecule has 0 aromatic carbocycles. The Morgan fingerprint density at radius 1 is 1.47 bits per heavy atom. The minimum absolute atomic E-state index is 0.233. The molecule has 0 spiro atoms. The number of sulfone groups is 1. The Bertz CT molecular complexity index is 304. The molecule has 0 aromatic rings. The molecule has 1 fully saturated rings. The van der Waals surface area contributed by atoms with Crippen LogP contribution in [-0.4, -0.2) is 70.8 Å². The predicted molar refractivity (Wildman–Crippen MR) is 69.1 cm³/mol. The number of morpholine rings is 1. The van der Waals surface area contributed by atoms with E-state index >= 15 is 0 Å². The maximum absolute atomic E-state index is 11.4. The summed E-state index contributed by atoms with van der Waals surface area (Å²) in [6, 6.07) is 0. The Labute approximate surface area is 104 Å². The summed E-state index contributed by atoms with van der Waals surface area (Å²) in [6.07, 6.45) is 0.958. The van der Waals surface area contributed by atoms with Crippen LogP contribution in [0.1, 0.15) is 13.3 Å². The lowest BCUT2D eigenvalue weighted by Gasteiger charge is -2.32. The number of hydrogen-bond acceptors (Lipinski definition) is 5. The highest BCUT2D eigenvalue weighted by Crippen LogP contribution is 2.06. The smallest absolute Gasteiger partial charge is 0.150 e. The molecular weight excluding hydrogens is 240 g/mol. The second-order valence-corrected chi connectivity index (χ2v) is 6.91. The third-order valence-electron chi connectivity index (χ3n) is 3.02. The van der Waals surface area contributed by atoms with Crippen LogP contribution in [0.5, 0.6) is 0 Å². The second kappa shape index (κ2) is 7.31. The van der Waals surface area contributed by atoms with Crippen molar-refractivity contribution >= 4 is 9.84 Å². The van der Waals surface area contributed by atoms with Gasteiger partial charge in [0.15, 0.2) is 0 Å². The number of hydrogen-bond donors (Lipinski definition) is 1. The standard InChI is InChI=1S/C11H24N2O3S/c1-3-17(14,15)8-4-5-13-6-7-16-11(10-13)9-12-2/h11-12H,3-10H2,1-2H3. The minimum Gasteiger partial charge on any atom is -0.374 e. The summed E-state index contributed by atoms with van der Waals surface area (Å²) < 4.78 is 28.3. The van der Waals surface area contributed by atoms with Gasteiger partial charge in [-0.25, -0.2) is 8.42 Å². The maximum Gasteiger partial charge on any atom is 0.150 e. The van der Waals surface area contributed by atoms with Crippen molar-refractivity contribution in [2.45, 2.75) is 19.4 Å². The van der Waals surface area contributed by atoms with Crippen LogP contribution in [0.15, 0.2) is 0 Å². The fraction of sp³-hybridized carbons (Fsp3) is 1.00. The Balaban J connectivity index is 2.23. The molecule has 0 saturated carbocycles. The minimum atomic E-state index is -2.81. The summed E-state index contributed by atoms with van der Waals surface area (Å²) in [6.45, 7) is 5.95. The maximum atomic E-state index is 11.4. The number of rotatable bonds is 7. The molecule has 0 aromatic heterocycles. The van der Waals surface area contributed by atoms with Gasteiger partial charge in [0.25, 0.3) is 0 Å². The van der Waals surface area contributed by atoms with E-state index in [1.165, 1.54) is 0 Å². The lowest BCUT2D eigenvalue weighted by atomic mass is 10.2. The third kappa shape index (κ3) is 5.81. The molecule has 1 N–H and O–H groups in total. The molecule has 1 saturated heterocycles. The number of ether oxygens (including phenoxy) is 1. The molecule has 0 amide bonds. The van der Waals surface area contributed by atoms with Crippen LogP contribution in [-0.2, 0) is 14.6 Å². The van der Waals surface area contributed by atoms with Crippen molar-refractivity contribution in [3.63, 3.8) is 0 Å². The highest BCUT2D eigenvalue weighted by molar-refractivity contribution is 7.91. The van der Waals surface area contributed by atoms with Crippen molar-refractivity contribution in [1.82, 2.24) is 10.2 Å². The van der Waals surface area contributed by atoms with Crippen LogP contribution >= 0.6 is 0 Å². The largest absolute Gasteiger partial charge is 0.374 e. The van der Waals surface area contributed by atoms with E-state index in [1.54, 1.807) is 6.92 Å². The molecule has 17 heavy (non-hydrogen) atoms. The Hall–Kier alpha value is -0.170. The first-order valence-electron chi connectivity index (χ1n) is 6.26. The molecule has 102 valence electrons. The first kappa shape index (κ1) is 14.9. The van der Waals surface area contributed by atoms with E-state index in [2.05, 4.69) is 10.2 Å². The van der Waals surface area contributed by atoms with Gasteiger partial charge in [0, 0.05) is 25.4 Å². The Morgan fingerprint density at radius 3 is 2.88 bits per heavy atom. The van der Waals surface area contributed by atoms with Gasteiger partial charge in [0.1, 0.15) is 9.84 Å². The zero-order chi connectivity index (χ0) is 12.7. The highest BCUT2D eigenvalue weighted by atomic mass is 32.2. The van der Waals surface area contributed by atoms with Gasteiger partial charge in [0.2, 0.25) is 0 Å². The zero-order valence-electron chi connectivity index (χ0n) is 10.8. The van der Waals surface area contributed by atoms with Crippen LogP contribution in [0.4, 0.5) is 0 Å². The molecule has 1 aliphatic rings. The van der Waals surface area contributed by atoms with Crippen LogP contribution in [0.3, 0.4) is 0 Å². The van der Waals surface area contributed by atoms with Crippen molar-refractivity contribution in [3.8, 4) is 0 Å². The normalized spacial score (nSPS) is 22.8. The fourth-order valence-electron chi connectivity index (χ4n) is 1.99. The Kier molecular flexibility index (Phi) is 6.40. The van der Waals surface area contributed by atoms with Gasteiger partial charge >= 0.3 is 0 Å². The Morgan fingerprint density at radius 2 is 2.24 bits per heavy atom. The first-order valence-corrected chi connectivity index (χ1v) is 8.08. The van der Waals surface area contributed by atoms with Crippen molar-refractivity contribution < 1.29 is 13.2 Å². The average Bonchev–Trinajstić information content (AvgIpc) is 2.30. The van der Waals surface area contributed by atoms with Gasteiger partial charge in [0.05, 0.1) is 18.5 Å². The van der Waals surface area contributed by atoms with Crippen molar-refractivity contribution in [2.24, 2.45) is 0 Å². The molecule has 1 rings (SSSR count). The highest BCUT2D eigenvalue weighted by Gasteiger charge is 2.19. The van der Waals surface area contributed by atoms with Gasteiger partial charge in [-0.1, -0.05) is 6.92 Å². The van der Waals surface area contributed by atoms with Crippen molar-refractivity contribution in [3.05, 3.63) is 0 Å².